The number of ether oxygens (including phenoxy) is 1. The summed E-state index contributed by atoms with van der Waals surface area (Å²) < 4.78 is 33.9. The fraction of sp³-hybridized carbons (Fsp3) is 0.0345. The molecule has 0 amide bonds. The minimum atomic E-state index is -3.73. The van der Waals surface area contributed by atoms with Gasteiger partial charge < -0.3 is 10.1 Å². The Balaban J connectivity index is 1.28. The molecule has 0 bridgehead atoms. The van der Waals surface area contributed by atoms with Gasteiger partial charge in [-0.1, -0.05) is 54.6 Å². The molecule has 0 radical (unpaired) electrons. The molecule has 0 aliphatic heterocycles. The molecular weight excluding hydrogens is 484 g/mol. The fourth-order valence-corrected chi connectivity index (χ4v) is 4.93. The molecular formula is C29H24N4O3S. The first-order chi connectivity index (χ1) is 18.0. The van der Waals surface area contributed by atoms with Crippen molar-refractivity contribution < 1.29 is 13.2 Å². The third kappa shape index (κ3) is 5.60. The maximum atomic E-state index is 12.9. The van der Waals surface area contributed by atoms with Gasteiger partial charge in [0, 0.05) is 23.0 Å². The Hall–Kier alpha value is -4.69. The van der Waals surface area contributed by atoms with E-state index in [0.29, 0.717) is 11.5 Å². The van der Waals surface area contributed by atoms with Gasteiger partial charge in [0.2, 0.25) is 0 Å². The van der Waals surface area contributed by atoms with Gasteiger partial charge in [0.05, 0.1) is 17.7 Å². The van der Waals surface area contributed by atoms with Crippen molar-refractivity contribution in [2.75, 3.05) is 17.1 Å². The van der Waals surface area contributed by atoms with Crippen molar-refractivity contribution in [2.24, 2.45) is 0 Å². The number of hydrogen-bond donors (Lipinski definition) is 2. The summed E-state index contributed by atoms with van der Waals surface area (Å²) in [6, 6.07) is 33.0. The molecule has 37 heavy (non-hydrogen) atoms. The predicted molar refractivity (Wildman–Crippen MR) is 146 cm³/mol. The molecule has 5 rings (SSSR count). The standard InChI is InChI=1S/C29H24N4O3S/c1-36-28-10-6-5-9-26(28)27-19-29(31-20-30-27)32-23-13-15-24(16-14-23)33-37(34,35)25-17-11-22(12-18-25)21-7-3-2-4-8-21/h2-20,33H,1H3,(H,30,31,32). The highest BCUT2D eigenvalue weighted by Gasteiger charge is 2.14. The van der Waals surface area contributed by atoms with Gasteiger partial charge in [-0.15, -0.1) is 0 Å². The first kappa shape index (κ1) is 24.0. The van der Waals surface area contributed by atoms with Crippen LogP contribution in [0, 0.1) is 0 Å². The molecule has 0 fully saturated rings. The third-order valence-corrected chi connectivity index (χ3v) is 7.13. The van der Waals surface area contributed by atoms with Gasteiger partial charge >= 0.3 is 0 Å². The van der Waals surface area contributed by atoms with Crippen LogP contribution >= 0.6 is 0 Å². The Labute approximate surface area is 215 Å². The van der Waals surface area contributed by atoms with Gasteiger partial charge in [-0.05, 0) is 59.7 Å². The number of hydrogen-bond acceptors (Lipinski definition) is 6. The van der Waals surface area contributed by atoms with Crippen LogP contribution < -0.4 is 14.8 Å². The zero-order valence-corrected chi connectivity index (χ0v) is 20.8. The SMILES string of the molecule is COc1ccccc1-c1cc(Nc2ccc(NS(=O)(=O)c3ccc(-c4ccccc4)cc3)cc2)ncn1. The molecule has 0 saturated carbocycles. The molecule has 0 saturated heterocycles. The minimum absolute atomic E-state index is 0.194. The summed E-state index contributed by atoms with van der Waals surface area (Å²) in [4.78, 5) is 8.84. The van der Waals surface area contributed by atoms with Crippen molar-refractivity contribution in [2.45, 2.75) is 4.90 Å². The first-order valence-electron chi connectivity index (χ1n) is 11.5. The maximum Gasteiger partial charge on any atom is 0.261 e. The Morgan fingerprint density at radius 1 is 0.703 bits per heavy atom. The quantitative estimate of drug-likeness (QED) is 0.253. The number of rotatable bonds is 8. The van der Waals surface area contributed by atoms with Crippen LogP contribution in [0.25, 0.3) is 22.4 Å². The predicted octanol–water partition coefficient (Wildman–Crippen LogP) is 6.36. The molecule has 5 aromatic rings. The molecule has 8 heteroatoms. The number of methoxy groups -OCH3 is 1. The fourth-order valence-electron chi connectivity index (χ4n) is 3.87. The van der Waals surface area contributed by atoms with Crippen LogP contribution in [-0.4, -0.2) is 25.5 Å². The van der Waals surface area contributed by atoms with Crippen molar-refractivity contribution >= 4 is 27.2 Å². The summed E-state index contributed by atoms with van der Waals surface area (Å²) in [7, 11) is -2.11. The van der Waals surface area contributed by atoms with Gasteiger partial charge in [-0.2, -0.15) is 0 Å². The maximum absolute atomic E-state index is 12.9. The van der Waals surface area contributed by atoms with E-state index >= 15 is 0 Å². The van der Waals surface area contributed by atoms with Crippen molar-refractivity contribution in [3.05, 3.63) is 116 Å². The number of anilines is 3. The average Bonchev–Trinajstić information content (AvgIpc) is 2.95. The number of nitrogens with one attached hydrogen (secondary N) is 2. The summed E-state index contributed by atoms with van der Waals surface area (Å²) in [5.41, 5.74) is 4.76. The largest absolute Gasteiger partial charge is 0.496 e. The smallest absolute Gasteiger partial charge is 0.261 e. The van der Waals surface area contributed by atoms with Gasteiger partial charge in [0.25, 0.3) is 10.0 Å². The molecule has 4 aromatic carbocycles. The summed E-state index contributed by atoms with van der Waals surface area (Å²) in [5.74, 6) is 1.32. The van der Waals surface area contributed by atoms with E-state index < -0.39 is 10.0 Å². The summed E-state index contributed by atoms with van der Waals surface area (Å²) in [5, 5.41) is 3.23. The van der Waals surface area contributed by atoms with Crippen LogP contribution in [0.3, 0.4) is 0 Å². The lowest BCUT2D eigenvalue weighted by Crippen LogP contribution is -2.12. The van der Waals surface area contributed by atoms with Crippen LogP contribution in [0.1, 0.15) is 0 Å². The normalized spacial score (nSPS) is 11.1. The number of sulfonamides is 1. The minimum Gasteiger partial charge on any atom is -0.496 e. The summed E-state index contributed by atoms with van der Waals surface area (Å²) >= 11 is 0. The third-order valence-electron chi connectivity index (χ3n) is 5.73. The van der Waals surface area contributed by atoms with Crippen LogP contribution in [-0.2, 0) is 10.0 Å². The second kappa shape index (κ2) is 10.5. The molecule has 1 aromatic heterocycles. The molecule has 1 heterocycles. The van der Waals surface area contributed by atoms with Crippen LogP contribution in [0.5, 0.6) is 5.75 Å². The van der Waals surface area contributed by atoms with E-state index in [4.69, 9.17) is 4.74 Å². The van der Waals surface area contributed by atoms with Gasteiger partial charge in [0.15, 0.2) is 0 Å². The van der Waals surface area contributed by atoms with Gasteiger partial charge in [-0.25, -0.2) is 18.4 Å². The van der Waals surface area contributed by atoms with Crippen molar-refractivity contribution in [1.82, 2.24) is 9.97 Å². The van der Waals surface area contributed by atoms with E-state index in [1.54, 1.807) is 55.6 Å². The Kier molecular flexibility index (Phi) is 6.83. The second-order valence-electron chi connectivity index (χ2n) is 8.19. The van der Waals surface area contributed by atoms with Crippen molar-refractivity contribution in [3.8, 4) is 28.1 Å². The van der Waals surface area contributed by atoms with Gasteiger partial charge in [-0.3, -0.25) is 4.72 Å². The average molecular weight is 509 g/mol. The zero-order valence-electron chi connectivity index (χ0n) is 20.0. The zero-order chi connectivity index (χ0) is 25.7. The van der Waals surface area contributed by atoms with E-state index in [0.717, 1.165) is 33.8 Å². The lowest BCUT2D eigenvalue weighted by molar-refractivity contribution is 0.416. The lowest BCUT2D eigenvalue weighted by Gasteiger charge is -2.11. The van der Waals surface area contributed by atoms with E-state index in [2.05, 4.69) is 20.0 Å². The van der Waals surface area contributed by atoms with Crippen molar-refractivity contribution in [1.29, 1.82) is 0 Å². The van der Waals surface area contributed by atoms with E-state index in [1.165, 1.54) is 6.33 Å². The number of para-hydroxylation sites is 1. The van der Waals surface area contributed by atoms with Crippen LogP contribution in [0.2, 0.25) is 0 Å². The van der Waals surface area contributed by atoms with E-state index in [9.17, 15) is 8.42 Å². The molecule has 0 spiro atoms. The highest BCUT2D eigenvalue weighted by Crippen LogP contribution is 2.29. The monoisotopic (exact) mass is 508 g/mol. The molecule has 7 nitrogen and oxygen atoms in total. The second-order valence-corrected chi connectivity index (χ2v) is 9.87. The molecule has 0 unspecified atom stereocenters. The summed E-state index contributed by atoms with van der Waals surface area (Å²) in [6.07, 6.45) is 1.48. The lowest BCUT2D eigenvalue weighted by atomic mass is 10.1. The van der Waals surface area contributed by atoms with Gasteiger partial charge in [0.1, 0.15) is 17.9 Å². The Bertz CT molecular complexity index is 1610. The Morgan fingerprint density at radius 2 is 1.35 bits per heavy atom. The molecule has 0 atom stereocenters. The highest BCUT2D eigenvalue weighted by atomic mass is 32.2. The van der Waals surface area contributed by atoms with Crippen LogP contribution in [0.4, 0.5) is 17.2 Å². The number of aromatic nitrogens is 2. The first-order valence-corrected chi connectivity index (χ1v) is 13.0. The molecule has 184 valence electrons. The number of benzene rings is 4. The Morgan fingerprint density at radius 3 is 2.08 bits per heavy atom. The molecule has 2 N–H and O–H groups in total. The number of nitrogens with zero attached hydrogens (tertiary/aromatic N) is 2. The highest BCUT2D eigenvalue weighted by molar-refractivity contribution is 7.92. The van der Waals surface area contributed by atoms with Crippen molar-refractivity contribution in [3.63, 3.8) is 0 Å². The molecule has 0 aliphatic rings. The van der Waals surface area contributed by atoms with E-state index in [-0.39, 0.29) is 4.90 Å². The van der Waals surface area contributed by atoms with Crippen LogP contribution in [0.15, 0.2) is 120 Å². The topological polar surface area (TPSA) is 93.2 Å². The molecule has 0 aliphatic carbocycles. The van der Waals surface area contributed by atoms with E-state index in [1.807, 2.05) is 60.7 Å². The summed E-state index contributed by atoms with van der Waals surface area (Å²) in [6.45, 7) is 0.